The lowest BCUT2D eigenvalue weighted by Crippen LogP contribution is -2.11. The summed E-state index contributed by atoms with van der Waals surface area (Å²) in [4.78, 5) is 15.8. The van der Waals surface area contributed by atoms with E-state index in [2.05, 4.69) is 24.0 Å². The highest BCUT2D eigenvalue weighted by Crippen LogP contribution is 2.36. The maximum atomic E-state index is 11.3. The molecule has 0 aliphatic heterocycles. The molecule has 2 aromatic rings. The Balaban J connectivity index is 1.99. The highest BCUT2D eigenvalue weighted by atomic mass is 16.5. The molecule has 0 bridgehead atoms. The van der Waals surface area contributed by atoms with Crippen LogP contribution >= 0.6 is 0 Å². The minimum Gasteiger partial charge on any atom is -0.490 e. The summed E-state index contributed by atoms with van der Waals surface area (Å²) < 4.78 is 11.6. The fraction of sp³-hybridized carbons (Fsp3) is 0.429. The average molecular weight is 357 g/mol. The lowest BCUT2D eigenvalue weighted by molar-refractivity contribution is -0.138. The Morgan fingerprint density at radius 1 is 1.19 bits per heavy atom. The highest BCUT2D eigenvalue weighted by Gasteiger charge is 2.21. The lowest BCUT2D eigenvalue weighted by atomic mass is 10.00. The van der Waals surface area contributed by atoms with Crippen LogP contribution in [0.2, 0.25) is 0 Å². The van der Waals surface area contributed by atoms with Crippen LogP contribution in [0.3, 0.4) is 0 Å². The van der Waals surface area contributed by atoms with Crippen molar-refractivity contribution in [2.24, 2.45) is 0 Å². The summed E-state index contributed by atoms with van der Waals surface area (Å²) in [5.74, 6) is -0.423. The maximum Gasteiger partial charge on any atom is 0.310 e. The molecule has 5 heteroatoms. The molecule has 1 unspecified atom stereocenters. The topological polar surface area (TPSA) is 68.7 Å². The second-order valence-electron chi connectivity index (χ2n) is 6.13. The molecule has 0 amide bonds. The summed E-state index contributed by atoms with van der Waals surface area (Å²) >= 11 is 0. The number of carboxylic acid groups (broad SMARTS) is 1. The first-order chi connectivity index (χ1) is 12.6. The Hall–Kier alpha value is -2.56. The van der Waals surface area contributed by atoms with E-state index in [1.807, 2.05) is 19.2 Å². The fourth-order valence-corrected chi connectivity index (χ4v) is 2.67. The van der Waals surface area contributed by atoms with Gasteiger partial charge in [0.25, 0.3) is 0 Å². The summed E-state index contributed by atoms with van der Waals surface area (Å²) in [5, 5.41) is 9.29. The number of hydrogen-bond donors (Lipinski definition) is 1. The smallest absolute Gasteiger partial charge is 0.310 e. The number of nitrogens with zero attached hydrogens (tertiary/aromatic N) is 1. The molecule has 0 saturated carbocycles. The van der Waals surface area contributed by atoms with Crippen LogP contribution < -0.4 is 9.47 Å². The van der Waals surface area contributed by atoms with Crippen LogP contribution in [0.4, 0.5) is 0 Å². The molecule has 1 N–H and O–H groups in total. The van der Waals surface area contributed by atoms with E-state index >= 15 is 0 Å². The summed E-state index contributed by atoms with van der Waals surface area (Å²) in [5.41, 5.74) is 2.91. The van der Waals surface area contributed by atoms with Crippen LogP contribution in [0.25, 0.3) is 0 Å². The van der Waals surface area contributed by atoms with E-state index in [1.54, 1.807) is 19.1 Å². The largest absolute Gasteiger partial charge is 0.490 e. The molecule has 1 atom stereocenters. The molecule has 0 aliphatic carbocycles. The Morgan fingerprint density at radius 2 is 2.00 bits per heavy atom. The van der Waals surface area contributed by atoms with Gasteiger partial charge in [0.15, 0.2) is 11.5 Å². The third-order valence-corrected chi connectivity index (χ3v) is 4.26. The van der Waals surface area contributed by atoms with Crippen molar-refractivity contribution in [3.05, 3.63) is 53.3 Å². The van der Waals surface area contributed by atoms with Gasteiger partial charge in [-0.25, -0.2) is 0 Å². The van der Waals surface area contributed by atoms with E-state index in [1.165, 1.54) is 5.56 Å². The van der Waals surface area contributed by atoms with Crippen molar-refractivity contribution in [3.8, 4) is 11.5 Å². The molecule has 1 aromatic heterocycles. The van der Waals surface area contributed by atoms with Crippen molar-refractivity contribution >= 4 is 5.97 Å². The number of ether oxygens (including phenoxy) is 2. The number of aliphatic carboxylic acids is 1. The number of carbonyl (C=O) groups is 1. The van der Waals surface area contributed by atoms with Gasteiger partial charge in [0, 0.05) is 17.5 Å². The van der Waals surface area contributed by atoms with Crippen LogP contribution in [0.1, 0.15) is 49.9 Å². The molecule has 0 spiro atoms. The summed E-state index contributed by atoms with van der Waals surface area (Å²) in [7, 11) is 0. The van der Waals surface area contributed by atoms with E-state index in [0.717, 1.165) is 25.0 Å². The quantitative estimate of drug-likeness (QED) is 0.644. The van der Waals surface area contributed by atoms with Gasteiger partial charge < -0.3 is 14.6 Å². The van der Waals surface area contributed by atoms with E-state index in [9.17, 15) is 9.90 Å². The molecule has 26 heavy (non-hydrogen) atoms. The van der Waals surface area contributed by atoms with Gasteiger partial charge in [-0.2, -0.15) is 0 Å². The van der Waals surface area contributed by atoms with Crippen molar-refractivity contribution in [1.82, 2.24) is 4.98 Å². The minimum absolute atomic E-state index is 0.452. The number of hydrogen-bond acceptors (Lipinski definition) is 4. The van der Waals surface area contributed by atoms with Crippen molar-refractivity contribution in [2.45, 2.75) is 46.0 Å². The summed E-state index contributed by atoms with van der Waals surface area (Å²) in [6, 6.07) is 9.55. The number of rotatable bonds is 10. The Morgan fingerprint density at radius 3 is 2.62 bits per heavy atom. The monoisotopic (exact) mass is 357 g/mol. The van der Waals surface area contributed by atoms with Crippen molar-refractivity contribution in [3.63, 3.8) is 0 Å². The molecule has 0 radical (unpaired) electrons. The first kappa shape index (κ1) is 19.8. The fourth-order valence-electron chi connectivity index (χ4n) is 2.67. The molecular weight excluding hydrogens is 330 g/mol. The predicted molar refractivity (Wildman–Crippen MR) is 101 cm³/mol. The zero-order valence-corrected chi connectivity index (χ0v) is 15.7. The number of aromatic nitrogens is 1. The Kier molecular flexibility index (Phi) is 7.45. The first-order valence-electron chi connectivity index (χ1n) is 9.11. The van der Waals surface area contributed by atoms with Crippen molar-refractivity contribution in [2.75, 3.05) is 13.2 Å². The van der Waals surface area contributed by atoms with E-state index in [-0.39, 0.29) is 0 Å². The molecule has 0 aliphatic rings. The molecule has 0 fully saturated rings. The molecule has 1 heterocycles. The van der Waals surface area contributed by atoms with Crippen molar-refractivity contribution < 1.29 is 19.4 Å². The van der Waals surface area contributed by atoms with Crippen LogP contribution in [0.5, 0.6) is 11.5 Å². The summed E-state index contributed by atoms with van der Waals surface area (Å²) in [6.07, 6.45) is 4.56. The summed E-state index contributed by atoms with van der Waals surface area (Å²) in [6.45, 7) is 6.60. The average Bonchev–Trinajstić information content (AvgIpc) is 2.66. The number of carboxylic acids is 1. The second-order valence-corrected chi connectivity index (χ2v) is 6.13. The number of para-hydroxylation sites is 1. The van der Waals surface area contributed by atoms with Gasteiger partial charge in [0.05, 0.1) is 19.1 Å². The second kappa shape index (κ2) is 9.80. The molecule has 140 valence electrons. The third-order valence-electron chi connectivity index (χ3n) is 4.26. The van der Waals surface area contributed by atoms with Gasteiger partial charge >= 0.3 is 5.97 Å². The SMILES string of the molecule is CCOc1c(OCCCc2ccc(CC)cn2)cccc1C(C)C(=O)O. The number of benzene rings is 1. The van der Waals surface area contributed by atoms with Crippen LogP contribution in [-0.2, 0) is 17.6 Å². The molecule has 2 rings (SSSR count). The maximum absolute atomic E-state index is 11.3. The van der Waals surface area contributed by atoms with Crippen LogP contribution in [0, 0.1) is 0 Å². The number of pyridine rings is 1. The first-order valence-corrected chi connectivity index (χ1v) is 9.11. The Labute approximate surface area is 155 Å². The number of aryl methyl sites for hydroxylation is 2. The standard InChI is InChI=1S/C21H27NO4/c1-4-16-11-12-17(22-14-16)8-7-13-26-19-10-6-9-18(15(3)21(23)24)20(19)25-5-2/h6,9-12,14-15H,4-5,7-8,13H2,1-3H3,(H,23,24). The van der Waals surface area contributed by atoms with Gasteiger partial charge in [-0.15, -0.1) is 0 Å². The lowest BCUT2D eigenvalue weighted by Gasteiger charge is -2.17. The minimum atomic E-state index is -0.885. The predicted octanol–water partition coefficient (Wildman–Crippen LogP) is 4.24. The van der Waals surface area contributed by atoms with E-state index in [0.29, 0.717) is 30.3 Å². The van der Waals surface area contributed by atoms with Crippen LogP contribution in [0.15, 0.2) is 36.5 Å². The normalized spacial score (nSPS) is 11.8. The van der Waals surface area contributed by atoms with Gasteiger partial charge in [-0.3, -0.25) is 9.78 Å². The molecule has 1 aromatic carbocycles. The third kappa shape index (κ3) is 5.22. The van der Waals surface area contributed by atoms with E-state index in [4.69, 9.17) is 9.47 Å². The van der Waals surface area contributed by atoms with Crippen LogP contribution in [-0.4, -0.2) is 29.3 Å². The molecule has 0 saturated heterocycles. The van der Waals surface area contributed by atoms with E-state index < -0.39 is 11.9 Å². The highest BCUT2D eigenvalue weighted by molar-refractivity contribution is 5.77. The van der Waals surface area contributed by atoms with Gasteiger partial charge in [0.1, 0.15) is 0 Å². The Bertz CT molecular complexity index is 712. The van der Waals surface area contributed by atoms with Gasteiger partial charge in [0.2, 0.25) is 0 Å². The molecular formula is C21H27NO4. The zero-order valence-electron chi connectivity index (χ0n) is 15.7. The van der Waals surface area contributed by atoms with Crippen molar-refractivity contribution in [1.29, 1.82) is 0 Å². The van der Waals surface area contributed by atoms with Gasteiger partial charge in [-0.05, 0) is 50.8 Å². The zero-order chi connectivity index (χ0) is 18.9. The van der Waals surface area contributed by atoms with Gasteiger partial charge in [-0.1, -0.05) is 25.1 Å². The molecule has 5 nitrogen and oxygen atoms in total.